The van der Waals surface area contributed by atoms with Crippen molar-refractivity contribution in [1.29, 1.82) is 0 Å². The molecule has 0 spiro atoms. The minimum Gasteiger partial charge on any atom is -0.271 e. The third-order valence-corrected chi connectivity index (χ3v) is 2.79. The predicted octanol–water partition coefficient (Wildman–Crippen LogP) is 3.08. The predicted molar refractivity (Wildman–Crippen MR) is 56.8 cm³/mol. The van der Waals surface area contributed by atoms with Crippen LogP contribution in [0.25, 0.3) is 0 Å². The van der Waals surface area contributed by atoms with E-state index in [1.807, 2.05) is 0 Å². The molecule has 0 saturated carbocycles. The highest BCUT2D eigenvalue weighted by atomic mass is 19.4. The molecule has 0 aliphatic rings. The van der Waals surface area contributed by atoms with E-state index in [4.69, 9.17) is 5.84 Å². The van der Waals surface area contributed by atoms with Gasteiger partial charge in [0, 0.05) is 6.04 Å². The standard InChI is InChI=1S/C11H10F8N2/c12-6-3-1-2-5(8(6)13)4-7(21-20)9(10(14,15)16)11(17,18)19/h1-3,7,9,21H,4,20H2. The molecule has 0 saturated heterocycles. The molecule has 0 amide bonds. The first kappa shape index (κ1) is 17.6. The molecule has 0 radical (unpaired) electrons. The van der Waals surface area contributed by atoms with Gasteiger partial charge in [0.1, 0.15) is 0 Å². The molecule has 1 atom stereocenters. The van der Waals surface area contributed by atoms with Crippen LogP contribution in [0, 0.1) is 17.6 Å². The molecular formula is C11H10F8N2. The van der Waals surface area contributed by atoms with Crippen molar-refractivity contribution in [3.8, 4) is 0 Å². The Kier molecular flexibility index (Phi) is 5.16. The second kappa shape index (κ2) is 6.14. The lowest BCUT2D eigenvalue weighted by Crippen LogP contribution is -2.54. The van der Waals surface area contributed by atoms with E-state index in [1.165, 1.54) is 5.43 Å². The van der Waals surface area contributed by atoms with Crippen LogP contribution in [0.1, 0.15) is 5.56 Å². The summed E-state index contributed by atoms with van der Waals surface area (Å²) >= 11 is 0. The molecule has 0 bridgehead atoms. The number of rotatable bonds is 4. The molecule has 21 heavy (non-hydrogen) atoms. The summed E-state index contributed by atoms with van der Waals surface area (Å²) < 4.78 is 102. The SMILES string of the molecule is NNC(Cc1cccc(F)c1F)C(C(F)(F)F)C(F)(F)F. The van der Waals surface area contributed by atoms with Crippen molar-refractivity contribution in [1.82, 2.24) is 5.43 Å². The van der Waals surface area contributed by atoms with Crippen molar-refractivity contribution in [2.24, 2.45) is 11.8 Å². The Balaban J connectivity index is 3.14. The second-order valence-electron chi connectivity index (χ2n) is 4.25. The zero-order valence-corrected chi connectivity index (χ0v) is 10.2. The van der Waals surface area contributed by atoms with Crippen LogP contribution in [-0.2, 0) is 6.42 Å². The van der Waals surface area contributed by atoms with E-state index in [1.54, 1.807) is 0 Å². The van der Waals surface area contributed by atoms with Gasteiger partial charge in [-0.1, -0.05) is 12.1 Å². The van der Waals surface area contributed by atoms with Gasteiger partial charge >= 0.3 is 12.4 Å². The number of alkyl halides is 6. The van der Waals surface area contributed by atoms with Crippen molar-refractivity contribution in [2.45, 2.75) is 24.8 Å². The third-order valence-electron chi connectivity index (χ3n) is 2.79. The van der Waals surface area contributed by atoms with Crippen molar-refractivity contribution in [3.63, 3.8) is 0 Å². The Morgan fingerprint density at radius 1 is 1.00 bits per heavy atom. The molecule has 10 heteroatoms. The molecule has 0 fully saturated rings. The number of halogens is 8. The molecule has 120 valence electrons. The third kappa shape index (κ3) is 4.27. The summed E-state index contributed by atoms with van der Waals surface area (Å²) in [6.07, 6.45) is -12.4. The van der Waals surface area contributed by atoms with E-state index in [2.05, 4.69) is 0 Å². The Morgan fingerprint density at radius 2 is 1.52 bits per heavy atom. The lowest BCUT2D eigenvalue weighted by molar-refractivity contribution is -0.291. The monoisotopic (exact) mass is 322 g/mol. The molecule has 1 rings (SSSR count). The summed E-state index contributed by atoms with van der Waals surface area (Å²) in [6.45, 7) is 0. The molecule has 1 unspecified atom stereocenters. The van der Waals surface area contributed by atoms with Crippen LogP contribution in [0.4, 0.5) is 35.1 Å². The zero-order chi connectivity index (χ0) is 16.4. The van der Waals surface area contributed by atoms with E-state index >= 15 is 0 Å². The maximum Gasteiger partial charge on any atom is 0.402 e. The van der Waals surface area contributed by atoms with Gasteiger partial charge in [0.15, 0.2) is 17.6 Å². The zero-order valence-electron chi connectivity index (χ0n) is 10.2. The first-order valence-electron chi connectivity index (χ1n) is 5.51. The average molecular weight is 322 g/mol. The minimum atomic E-state index is -5.64. The number of hydrazine groups is 1. The van der Waals surface area contributed by atoms with Crippen LogP contribution in [0.15, 0.2) is 18.2 Å². The van der Waals surface area contributed by atoms with Crippen LogP contribution >= 0.6 is 0 Å². The highest BCUT2D eigenvalue weighted by Crippen LogP contribution is 2.42. The number of hydrogen-bond acceptors (Lipinski definition) is 2. The van der Waals surface area contributed by atoms with Crippen molar-refractivity contribution in [3.05, 3.63) is 35.4 Å². The van der Waals surface area contributed by atoms with E-state index < -0.39 is 47.9 Å². The number of hydrogen-bond donors (Lipinski definition) is 2. The van der Waals surface area contributed by atoms with Gasteiger partial charge in [-0.05, 0) is 18.1 Å². The second-order valence-corrected chi connectivity index (χ2v) is 4.25. The Morgan fingerprint density at radius 3 is 1.95 bits per heavy atom. The molecule has 3 N–H and O–H groups in total. The van der Waals surface area contributed by atoms with Gasteiger partial charge in [-0.3, -0.25) is 11.3 Å². The molecule has 0 aliphatic heterocycles. The average Bonchev–Trinajstić information content (AvgIpc) is 2.30. The Labute approximate surface area is 113 Å². The van der Waals surface area contributed by atoms with Crippen LogP contribution in [-0.4, -0.2) is 18.4 Å². The Hall–Kier alpha value is -1.42. The summed E-state index contributed by atoms with van der Waals surface area (Å²) in [5.74, 6) is -1.96. The fraction of sp³-hybridized carbons (Fsp3) is 0.455. The van der Waals surface area contributed by atoms with Crippen molar-refractivity contribution >= 4 is 0 Å². The number of nitrogens with two attached hydrogens (primary N) is 1. The van der Waals surface area contributed by atoms with Crippen molar-refractivity contribution < 1.29 is 35.1 Å². The molecule has 0 aromatic heterocycles. The summed E-state index contributed by atoms with van der Waals surface area (Å²) in [7, 11) is 0. The van der Waals surface area contributed by atoms with Gasteiger partial charge in [0.05, 0.1) is 0 Å². The highest BCUT2D eigenvalue weighted by molar-refractivity contribution is 5.20. The van der Waals surface area contributed by atoms with E-state index in [0.29, 0.717) is 6.07 Å². The van der Waals surface area contributed by atoms with Crippen LogP contribution in [0.2, 0.25) is 0 Å². The first-order valence-corrected chi connectivity index (χ1v) is 5.51. The van der Waals surface area contributed by atoms with Gasteiger partial charge in [-0.25, -0.2) is 8.78 Å². The lowest BCUT2D eigenvalue weighted by Gasteiger charge is -2.30. The normalized spacial score (nSPS) is 14.6. The quantitative estimate of drug-likeness (QED) is 0.508. The number of nitrogens with one attached hydrogen (secondary N) is 1. The van der Waals surface area contributed by atoms with Gasteiger partial charge in [0.25, 0.3) is 0 Å². The molecule has 0 heterocycles. The van der Waals surface area contributed by atoms with Gasteiger partial charge in [0.2, 0.25) is 0 Å². The fourth-order valence-corrected chi connectivity index (χ4v) is 1.86. The maximum atomic E-state index is 13.3. The summed E-state index contributed by atoms with van der Waals surface area (Å²) in [6, 6.07) is 0.153. The first-order chi connectivity index (χ1) is 9.48. The Bertz CT molecular complexity index is 468. The molecule has 2 nitrogen and oxygen atoms in total. The van der Waals surface area contributed by atoms with E-state index in [0.717, 1.165) is 12.1 Å². The summed E-state index contributed by atoms with van der Waals surface area (Å²) in [4.78, 5) is 0. The van der Waals surface area contributed by atoms with Crippen LogP contribution in [0.3, 0.4) is 0 Å². The molecule has 1 aromatic carbocycles. The van der Waals surface area contributed by atoms with Gasteiger partial charge < -0.3 is 0 Å². The topological polar surface area (TPSA) is 38.0 Å². The van der Waals surface area contributed by atoms with E-state index in [9.17, 15) is 35.1 Å². The smallest absolute Gasteiger partial charge is 0.271 e. The summed E-state index contributed by atoms with van der Waals surface area (Å²) in [5.41, 5.74) is 0.739. The minimum absolute atomic E-state index is 0.642. The van der Waals surface area contributed by atoms with Crippen LogP contribution in [0.5, 0.6) is 0 Å². The summed E-state index contributed by atoms with van der Waals surface area (Å²) in [5, 5.41) is 0. The van der Waals surface area contributed by atoms with Crippen LogP contribution < -0.4 is 11.3 Å². The largest absolute Gasteiger partial charge is 0.402 e. The molecular weight excluding hydrogens is 312 g/mol. The molecule has 0 aliphatic carbocycles. The highest BCUT2D eigenvalue weighted by Gasteiger charge is 2.60. The van der Waals surface area contributed by atoms with Gasteiger partial charge in [-0.15, -0.1) is 0 Å². The van der Waals surface area contributed by atoms with Crippen molar-refractivity contribution in [2.75, 3.05) is 0 Å². The van der Waals surface area contributed by atoms with E-state index in [-0.39, 0.29) is 0 Å². The number of benzene rings is 1. The fourth-order valence-electron chi connectivity index (χ4n) is 1.86. The molecule has 1 aromatic rings. The lowest BCUT2D eigenvalue weighted by atomic mass is 9.92. The maximum absolute atomic E-state index is 13.3. The van der Waals surface area contributed by atoms with Gasteiger partial charge in [-0.2, -0.15) is 26.3 Å².